The fraction of sp³-hybridized carbons (Fsp3) is 0.600. The molecule has 0 spiro atoms. The average Bonchev–Trinajstić information content (AvgIpc) is 2.84. The molecule has 23 heavy (non-hydrogen) atoms. The van der Waals surface area contributed by atoms with Crippen molar-refractivity contribution in [2.75, 3.05) is 30.8 Å². The van der Waals surface area contributed by atoms with E-state index in [1.165, 1.54) is 4.58 Å². The molecule has 0 bridgehead atoms. The van der Waals surface area contributed by atoms with Gasteiger partial charge in [-0.25, -0.2) is 4.98 Å². The van der Waals surface area contributed by atoms with Crippen LogP contribution in [0.25, 0.3) is 0 Å². The predicted octanol–water partition coefficient (Wildman–Crippen LogP) is 2.19. The lowest BCUT2D eigenvalue weighted by atomic mass is 10.1. The van der Waals surface area contributed by atoms with E-state index in [2.05, 4.69) is 14.9 Å². The Hall–Kier alpha value is -1.89. The van der Waals surface area contributed by atoms with Crippen molar-refractivity contribution in [2.45, 2.75) is 32.8 Å². The van der Waals surface area contributed by atoms with E-state index in [-0.39, 0.29) is 18.0 Å². The first-order valence-electron chi connectivity index (χ1n) is 7.50. The quantitative estimate of drug-likeness (QED) is 0.504. The number of carbonyl (C=O) groups is 1. The maximum Gasteiger partial charge on any atom is 0.596 e. The predicted molar refractivity (Wildman–Crippen MR) is 90.3 cm³/mol. The van der Waals surface area contributed by atoms with E-state index in [1.54, 1.807) is 13.1 Å². The molecule has 1 saturated heterocycles. The molecule has 2 N–H and O–H groups in total. The molecule has 1 aromatic heterocycles. The Morgan fingerprint density at radius 1 is 1.52 bits per heavy atom. The number of nitrogens with two attached hydrogens (primary N) is 1. The molecule has 1 amide bonds. The molecule has 8 heteroatoms. The second kappa shape index (κ2) is 6.70. The minimum absolute atomic E-state index is 0.158. The van der Waals surface area contributed by atoms with Crippen LogP contribution in [0, 0.1) is 5.92 Å². The summed E-state index contributed by atoms with van der Waals surface area (Å²) in [6, 6.07) is 1.69. The molecule has 1 aliphatic heterocycles. The summed E-state index contributed by atoms with van der Waals surface area (Å²) in [5.74, 6) is 1.09. The molecule has 2 heterocycles. The Morgan fingerprint density at radius 3 is 2.83 bits per heavy atom. The van der Waals surface area contributed by atoms with Crippen LogP contribution in [0.4, 0.5) is 16.6 Å². The monoisotopic (exact) mass is 340 g/mol. The van der Waals surface area contributed by atoms with E-state index in [0.717, 1.165) is 19.5 Å². The molecular formula is C15H23ClN5O2+. The number of ether oxygens (including phenoxy) is 1. The van der Waals surface area contributed by atoms with Crippen LogP contribution in [-0.2, 0) is 4.74 Å². The number of amides is 1. The summed E-state index contributed by atoms with van der Waals surface area (Å²) in [6.07, 6.45) is 2.44. The summed E-state index contributed by atoms with van der Waals surface area (Å²) in [7, 11) is 1.70. The SMILES string of the molecule is C/[N+](=C/C1CCN(c2cc(Cl)nc(N)n2)C1)C(=O)OC(C)(C)C. The highest BCUT2D eigenvalue weighted by Crippen LogP contribution is 2.23. The first-order chi connectivity index (χ1) is 10.6. The summed E-state index contributed by atoms with van der Waals surface area (Å²) in [5, 5.41) is 0.325. The van der Waals surface area contributed by atoms with Gasteiger partial charge in [-0.15, -0.1) is 4.58 Å². The highest BCUT2D eigenvalue weighted by atomic mass is 35.5. The molecule has 1 unspecified atom stereocenters. The molecule has 1 aliphatic rings. The molecule has 0 saturated carbocycles. The van der Waals surface area contributed by atoms with Gasteiger partial charge in [-0.05, 0) is 27.2 Å². The van der Waals surface area contributed by atoms with E-state index in [4.69, 9.17) is 22.1 Å². The van der Waals surface area contributed by atoms with Crippen molar-refractivity contribution in [1.82, 2.24) is 9.97 Å². The summed E-state index contributed by atoms with van der Waals surface area (Å²) in [6.45, 7) is 7.09. The summed E-state index contributed by atoms with van der Waals surface area (Å²) in [4.78, 5) is 22.1. The van der Waals surface area contributed by atoms with Gasteiger partial charge >= 0.3 is 6.09 Å². The van der Waals surface area contributed by atoms with Crippen molar-refractivity contribution in [3.8, 4) is 0 Å². The lowest BCUT2D eigenvalue weighted by molar-refractivity contribution is -0.416. The van der Waals surface area contributed by atoms with Gasteiger partial charge in [0.05, 0.1) is 5.92 Å². The van der Waals surface area contributed by atoms with Gasteiger partial charge in [-0.3, -0.25) is 0 Å². The van der Waals surface area contributed by atoms with Gasteiger partial charge in [0.1, 0.15) is 23.6 Å². The fourth-order valence-corrected chi connectivity index (χ4v) is 2.60. The molecule has 0 radical (unpaired) electrons. The first kappa shape index (κ1) is 17.5. The van der Waals surface area contributed by atoms with E-state index in [9.17, 15) is 4.79 Å². The molecule has 1 fully saturated rings. The summed E-state index contributed by atoms with van der Waals surface area (Å²) in [5.41, 5.74) is 5.13. The Kier molecular flexibility index (Phi) is 5.09. The van der Waals surface area contributed by atoms with Gasteiger partial charge in [-0.2, -0.15) is 9.78 Å². The van der Waals surface area contributed by atoms with Crippen LogP contribution in [-0.4, -0.2) is 52.6 Å². The van der Waals surface area contributed by atoms with Gasteiger partial charge in [0.2, 0.25) is 5.95 Å². The van der Waals surface area contributed by atoms with Crippen molar-refractivity contribution in [1.29, 1.82) is 0 Å². The van der Waals surface area contributed by atoms with E-state index in [0.29, 0.717) is 11.0 Å². The minimum atomic E-state index is -0.504. The molecule has 1 atom stereocenters. The van der Waals surface area contributed by atoms with Gasteiger partial charge in [0.25, 0.3) is 0 Å². The highest BCUT2D eigenvalue weighted by molar-refractivity contribution is 6.29. The zero-order chi connectivity index (χ0) is 17.2. The Labute approximate surface area is 141 Å². The number of aromatic nitrogens is 2. The first-order valence-corrected chi connectivity index (χ1v) is 7.87. The van der Waals surface area contributed by atoms with Crippen molar-refractivity contribution in [3.63, 3.8) is 0 Å². The molecule has 1 aromatic rings. The molecule has 0 aromatic carbocycles. The van der Waals surface area contributed by atoms with E-state index >= 15 is 0 Å². The third-order valence-electron chi connectivity index (χ3n) is 3.36. The van der Waals surface area contributed by atoms with Gasteiger partial charge in [0, 0.05) is 19.2 Å². The lowest BCUT2D eigenvalue weighted by Gasteiger charge is -2.17. The van der Waals surface area contributed by atoms with Crippen molar-refractivity contribution in [3.05, 3.63) is 11.2 Å². The molecule has 7 nitrogen and oxygen atoms in total. The van der Waals surface area contributed by atoms with Gasteiger partial charge in [0.15, 0.2) is 6.21 Å². The van der Waals surface area contributed by atoms with Crippen LogP contribution in [0.15, 0.2) is 6.07 Å². The molecule has 126 valence electrons. The van der Waals surface area contributed by atoms with Crippen LogP contribution < -0.4 is 10.6 Å². The van der Waals surface area contributed by atoms with Crippen molar-refractivity contribution >= 4 is 35.7 Å². The molecule has 0 aliphatic carbocycles. The second-order valence-electron chi connectivity index (χ2n) is 6.64. The fourth-order valence-electron chi connectivity index (χ4n) is 2.41. The number of hydrogen-bond acceptors (Lipinski definition) is 6. The summed E-state index contributed by atoms with van der Waals surface area (Å²) >= 11 is 5.92. The standard InChI is InChI=1S/C15H23ClN5O2/c1-15(2,3)23-14(22)20(4)8-10-5-6-21(9-10)12-7-11(16)18-13(17)19-12/h7-8,10H,5-6,9H2,1-4H3,(H2,17,18,19)/q+1/b20-8-. The third kappa shape index (κ3) is 5.06. The van der Waals surface area contributed by atoms with Crippen LogP contribution in [0.3, 0.4) is 0 Å². The number of nitrogens with zero attached hydrogens (tertiary/aromatic N) is 4. The van der Waals surface area contributed by atoms with Crippen LogP contribution >= 0.6 is 11.6 Å². The van der Waals surface area contributed by atoms with Gasteiger partial charge in [-0.1, -0.05) is 11.6 Å². The maximum atomic E-state index is 12.0. The number of hydrogen-bond donors (Lipinski definition) is 1. The number of halogens is 1. The number of anilines is 2. The average molecular weight is 341 g/mol. The third-order valence-corrected chi connectivity index (χ3v) is 3.56. The zero-order valence-electron chi connectivity index (χ0n) is 13.9. The summed E-state index contributed by atoms with van der Waals surface area (Å²) < 4.78 is 6.84. The topological polar surface area (TPSA) is 84.4 Å². The number of rotatable bonds is 2. The highest BCUT2D eigenvalue weighted by Gasteiger charge is 2.29. The lowest BCUT2D eigenvalue weighted by Crippen LogP contribution is -2.31. The smallest absolute Gasteiger partial charge is 0.406 e. The van der Waals surface area contributed by atoms with Crippen LogP contribution in [0.1, 0.15) is 27.2 Å². The Bertz CT molecular complexity index is 607. The Balaban J connectivity index is 2.02. The molecular weight excluding hydrogens is 318 g/mol. The Morgan fingerprint density at radius 2 is 2.22 bits per heavy atom. The maximum absolute atomic E-state index is 12.0. The zero-order valence-corrected chi connectivity index (χ0v) is 14.7. The number of nitrogen functional groups attached to an aromatic ring is 1. The van der Waals surface area contributed by atoms with E-state index in [1.807, 2.05) is 27.0 Å². The van der Waals surface area contributed by atoms with Crippen molar-refractivity contribution in [2.24, 2.45) is 5.92 Å². The second-order valence-corrected chi connectivity index (χ2v) is 7.03. The van der Waals surface area contributed by atoms with Crippen LogP contribution in [0.5, 0.6) is 0 Å². The molecule has 2 rings (SSSR count). The van der Waals surface area contributed by atoms with Crippen LogP contribution in [0.2, 0.25) is 5.15 Å². The van der Waals surface area contributed by atoms with Crippen molar-refractivity contribution < 1.29 is 14.1 Å². The largest absolute Gasteiger partial charge is 0.596 e. The normalized spacial score (nSPS) is 19.1. The van der Waals surface area contributed by atoms with E-state index < -0.39 is 5.60 Å². The number of carbonyl (C=O) groups excluding carboxylic acids is 1. The van der Waals surface area contributed by atoms with Gasteiger partial charge < -0.3 is 15.4 Å². The minimum Gasteiger partial charge on any atom is -0.406 e.